The lowest BCUT2D eigenvalue weighted by atomic mass is 10.2. The number of carbonyl (C=O) groups is 1. The number of halogens is 1. The van der Waals surface area contributed by atoms with Crippen LogP contribution in [0.15, 0.2) is 36.8 Å². The molecule has 1 amide bonds. The molecule has 22 heavy (non-hydrogen) atoms. The van der Waals surface area contributed by atoms with Gasteiger partial charge in [-0.15, -0.1) is 0 Å². The van der Waals surface area contributed by atoms with Crippen molar-refractivity contribution in [1.82, 2.24) is 14.4 Å². The highest BCUT2D eigenvalue weighted by atomic mass is 19.1. The molecule has 1 aromatic carbocycles. The molecule has 0 saturated heterocycles. The van der Waals surface area contributed by atoms with E-state index >= 15 is 0 Å². The monoisotopic (exact) mass is 298 g/mol. The van der Waals surface area contributed by atoms with Crippen molar-refractivity contribution in [3.63, 3.8) is 0 Å². The highest BCUT2D eigenvalue weighted by Crippen LogP contribution is 2.19. The van der Waals surface area contributed by atoms with Crippen LogP contribution in [0.4, 0.5) is 10.1 Å². The molecule has 0 fully saturated rings. The van der Waals surface area contributed by atoms with Crippen molar-refractivity contribution in [3.8, 4) is 0 Å². The summed E-state index contributed by atoms with van der Waals surface area (Å²) in [6.45, 7) is 3.47. The Labute approximate surface area is 127 Å². The van der Waals surface area contributed by atoms with E-state index in [9.17, 15) is 9.18 Å². The highest BCUT2D eigenvalue weighted by Gasteiger charge is 2.17. The summed E-state index contributed by atoms with van der Waals surface area (Å²) >= 11 is 0. The number of benzene rings is 1. The number of anilines is 1. The number of rotatable bonds is 2. The quantitative estimate of drug-likeness (QED) is 0.731. The minimum atomic E-state index is -0.293. The first kappa shape index (κ1) is 14.2. The van der Waals surface area contributed by atoms with Crippen LogP contribution in [-0.4, -0.2) is 27.3 Å². The Morgan fingerprint density at radius 3 is 2.82 bits per heavy atom. The van der Waals surface area contributed by atoms with Gasteiger partial charge in [-0.3, -0.25) is 4.79 Å². The second-order valence-corrected chi connectivity index (χ2v) is 5.17. The van der Waals surface area contributed by atoms with Gasteiger partial charge in [0.1, 0.15) is 11.5 Å². The largest absolute Gasteiger partial charge is 0.310 e. The molecule has 0 saturated carbocycles. The topological polar surface area (TPSA) is 50.5 Å². The van der Waals surface area contributed by atoms with Crippen molar-refractivity contribution < 1.29 is 9.18 Å². The Hall–Kier alpha value is -2.76. The van der Waals surface area contributed by atoms with Gasteiger partial charge in [-0.1, -0.05) is 0 Å². The van der Waals surface area contributed by atoms with Gasteiger partial charge in [-0.25, -0.2) is 14.4 Å². The minimum absolute atomic E-state index is 0.260. The minimum Gasteiger partial charge on any atom is -0.310 e. The molecule has 2 heterocycles. The molecule has 0 unspecified atom stereocenters. The summed E-state index contributed by atoms with van der Waals surface area (Å²) in [5, 5.41) is 0. The van der Waals surface area contributed by atoms with E-state index in [0.29, 0.717) is 22.6 Å². The van der Waals surface area contributed by atoms with E-state index in [1.54, 1.807) is 56.0 Å². The van der Waals surface area contributed by atoms with Crippen LogP contribution in [0.1, 0.15) is 21.7 Å². The van der Waals surface area contributed by atoms with Gasteiger partial charge in [0.2, 0.25) is 0 Å². The second kappa shape index (κ2) is 5.22. The van der Waals surface area contributed by atoms with Crippen molar-refractivity contribution >= 4 is 17.2 Å². The van der Waals surface area contributed by atoms with Gasteiger partial charge >= 0.3 is 0 Å². The summed E-state index contributed by atoms with van der Waals surface area (Å²) in [5.74, 6) is -0.553. The predicted molar refractivity (Wildman–Crippen MR) is 81.6 cm³/mol. The second-order valence-electron chi connectivity index (χ2n) is 5.17. The molecule has 0 atom stereocenters. The fourth-order valence-corrected chi connectivity index (χ4v) is 2.32. The van der Waals surface area contributed by atoms with Crippen LogP contribution >= 0.6 is 0 Å². The third-order valence-corrected chi connectivity index (χ3v) is 3.59. The maximum absolute atomic E-state index is 13.4. The summed E-state index contributed by atoms with van der Waals surface area (Å²) in [6.07, 6.45) is 5.07. The third kappa shape index (κ3) is 2.32. The van der Waals surface area contributed by atoms with Gasteiger partial charge in [-0.05, 0) is 37.6 Å². The maximum atomic E-state index is 13.4. The Balaban J connectivity index is 1.98. The average molecular weight is 298 g/mol. The molecule has 2 aromatic heterocycles. The zero-order valence-corrected chi connectivity index (χ0v) is 12.5. The van der Waals surface area contributed by atoms with Crippen molar-refractivity contribution in [2.75, 3.05) is 11.9 Å². The van der Waals surface area contributed by atoms with E-state index < -0.39 is 0 Å². The molecular formula is C16H15FN4O. The highest BCUT2D eigenvalue weighted by molar-refractivity contribution is 6.04. The Morgan fingerprint density at radius 2 is 2.09 bits per heavy atom. The summed E-state index contributed by atoms with van der Waals surface area (Å²) < 4.78 is 15.1. The van der Waals surface area contributed by atoms with Crippen molar-refractivity contribution in [2.45, 2.75) is 13.8 Å². The average Bonchev–Trinajstić information content (AvgIpc) is 2.97. The van der Waals surface area contributed by atoms with Gasteiger partial charge < -0.3 is 9.30 Å². The van der Waals surface area contributed by atoms with Crippen LogP contribution in [0.3, 0.4) is 0 Å². The molecule has 0 bridgehead atoms. The van der Waals surface area contributed by atoms with Gasteiger partial charge in [0.15, 0.2) is 5.65 Å². The Morgan fingerprint density at radius 1 is 1.32 bits per heavy atom. The van der Waals surface area contributed by atoms with Crippen LogP contribution in [0.2, 0.25) is 0 Å². The van der Waals surface area contributed by atoms with E-state index in [-0.39, 0.29) is 11.7 Å². The molecule has 0 N–H and O–H groups in total. The number of imidazole rings is 1. The lowest BCUT2D eigenvalue weighted by molar-refractivity contribution is 0.0987. The van der Waals surface area contributed by atoms with Crippen LogP contribution in [0.25, 0.3) is 5.65 Å². The van der Waals surface area contributed by atoms with Crippen LogP contribution < -0.4 is 4.90 Å². The van der Waals surface area contributed by atoms with Crippen LogP contribution in [0.5, 0.6) is 0 Å². The lowest BCUT2D eigenvalue weighted by Gasteiger charge is -2.18. The molecule has 3 rings (SSSR count). The SMILES string of the molecule is Cc1cc(N(C)C(=O)c2cn3ccnc3c(C)n2)ccc1F. The Kier molecular flexibility index (Phi) is 3.36. The number of nitrogens with zero attached hydrogens (tertiary/aromatic N) is 4. The number of hydrogen-bond donors (Lipinski definition) is 0. The fourth-order valence-electron chi connectivity index (χ4n) is 2.32. The first-order valence-corrected chi connectivity index (χ1v) is 6.82. The summed E-state index contributed by atoms with van der Waals surface area (Å²) in [7, 11) is 1.64. The van der Waals surface area contributed by atoms with Crippen molar-refractivity contribution in [2.24, 2.45) is 0 Å². The first-order chi connectivity index (χ1) is 10.5. The summed E-state index contributed by atoms with van der Waals surface area (Å²) in [5.41, 5.74) is 2.82. The molecule has 3 aromatic rings. The van der Waals surface area contributed by atoms with Gasteiger partial charge in [-0.2, -0.15) is 0 Å². The first-order valence-electron chi connectivity index (χ1n) is 6.82. The summed E-state index contributed by atoms with van der Waals surface area (Å²) in [4.78, 5) is 22.5. The van der Waals surface area contributed by atoms with E-state index in [4.69, 9.17) is 0 Å². The van der Waals surface area contributed by atoms with E-state index in [1.165, 1.54) is 11.0 Å². The smallest absolute Gasteiger partial charge is 0.278 e. The normalized spacial score (nSPS) is 10.9. The van der Waals surface area contributed by atoms with E-state index in [0.717, 1.165) is 5.65 Å². The van der Waals surface area contributed by atoms with E-state index in [1.807, 2.05) is 0 Å². The number of fused-ring (bicyclic) bond motifs is 1. The van der Waals surface area contributed by atoms with Crippen molar-refractivity contribution in [3.05, 3.63) is 59.6 Å². The molecule has 0 radical (unpaired) electrons. The molecule has 0 spiro atoms. The standard InChI is InChI=1S/C16H15FN4O/c1-10-8-12(4-5-13(10)17)20(3)16(22)14-9-21-7-6-18-15(21)11(2)19-14/h4-9H,1-3H3. The zero-order valence-electron chi connectivity index (χ0n) is 12.5. The number of carbonyl (C=O) groups excluding carboxylic acids is 1. The molecule has 5 nitrogen and oxygen atoms in total. The zero-order chi connectivity index (χ0) is 15.9. The molecule has 112 valence electrons. The Bertz CT molecular complexity index is 872. The number of amides is 1. The predicted octanol–water partition coefficient (Wildman–Crippen LogP) is 2.76. The fraction of sp³-hybridized carbons (Fsp3) is 0.188. The molecular weight excluding hydrogens is 283 g/mol. The van der Waals surface area contributed by atoms with Crippen LogP contribution in [-0.2, 0) is 0 Å². The molecule has 0 aliphatic carbocycles. The summed E-state index contributed by atoms with van der Waals surface area (Å²) in [6, 6.07) is 4.56. The van der Waals surface area contributed by atoms with Crippen LogP contribution in [0, 0.1) is 19.7 Å². The molecule has 0 aliphatic heterocycles. The maximum Gasteiger partial charge on any atom is 0.278 e. The lowest BCUT2D eigenvalue weighted by Crippen LogP contribution is -2.27. The number of aryl methyl sites for hydroxylation is 2. The van der Waals surface area contributed by atoms with Crippen molar-refractivity contribution in [1.29, 1.82) is 0 Å². The number of hydrogen-bond acceptors (Lipinski definition) is 3. The van der Waals surface area contributed by atoms with E-state index in [2.05, 4.69) is 9.97 Å². The van der Waals surface area contributed by atoms with Gasteiger partial charge in [0.05, 0.1) is 5.69 Å². The third-order valence-electron chi connectivity index (χ3n) is 3.59. The van der Waals surface area contributed by atoms with Gasteiger partial charge in [0, 0.05) is 31.3 Å². The molecule has 0 aliphatic rings. The number of aromatic nitrogens is 3. The van der Waals surface area contributed by atoms with Gasteiger partial charge in [0.25, 0.3) is 5.91 Å². The molecule has 6 heteroatoms.